The first-order valence-electron chi connectivity index (χ1n) is 12.9. The summed E-state index contributed by atoms with van der Waals surface area (Å²) in [5, 5.41) is 7.41. The molecule has 0 atom stereocenters. The molecule has 1 N–H and O–H groups in total. The number of halogens is 3. The number of hydrogen-bond acceptors (Lipinski definition) is 6. The van der Waals surface area contributed by atoms with Gasteiger partial charge in [0.05, 0.1) is 17.0 Å². The first-order valence-corrected chi connectivity index (χ1v) is 13.9. The number of pyridine rings is 1. The zero-order valence-electron chi connectivity index (χ0n) is 23.1. The van der Waals surface area contributed by atoms with Gasteiger partial charge in [-0.3, -0.25) is 9.69 Å². The van der Waals surface area contributed by atoms with Crippen molar-refractivity contribution in [1.82, 2.24) is 19.7 Å². The Morgan fingerprint density at radius 3 is 2.52 bits per heavy atom. The zero-order valence-corrected chi connectivity index (χ0v) is 23.9. The SMILES string of the molecule is Cc1ccc(C(C)C)c(N2C(=O)CS/C2=N\C(=O)Nc2ccc(-c3ncn(-c4ccc(C(F)(F)F)cn4)n3)cc2C)c1. The second-order valence-electron chi connectivity index (χ2n) is 10.0. The van der Waals surface area contributed by atoms with Crippen LogP contribution < -0.4 is 10.2 Å². The Labute approximate surface area is 243 Å². The van der Waals surface area contributed by atoms with Gasteiger partial charge in [0, 0.05) is 17.4 Å². The van der Waals surface area contributed by atoms with Gasteiger partial charge in [0.1, 0.15) is 6.33 Å². The molecule has 1 aliphatic rings. The van der Waals surface area contributed by atoms with Crippen LogP contribution in [0, 0.1) is 13.8 Å². The summed E-state index contributed by atoms with van der Waals surface area (Å²) in [5.74, 6) is 0.728. The van der Waals surface area contributed by atoms with Crippen molar-refractivity contribution in [2.24, 2.45) is 4.99 Å². The summed E-state index contributed by atoms with van der Waals surface area (Å²) < 4.78 is 39.8. The molecule has 2 aromatic carbocycles. The molecule has 0 bridgehead atoms. The third-order valence-corrected chi connectivity index (χ3v) is 7.46. The molecule has 0 aliphatic carbocycles. The molecule has 13 heteroatoms. The van der Waals surface area contributed by atoms with Crippen LogP contribution in [-0.2, 0) is 11.0 Å². The lowest BCUT2D eigenvalue weighted by Crippen LogP contribution is -2.31. The fraction of sp³-hybridized carbons (Fsp3) is 0.241. The lowest BCUT2D eigenvalue weighted by Gasteiger charge is -2.22. The quantitative estimate of drug-likeness (QED) is 0.274. The number of nitrogens with zero attached hydrogens (tertiary/aromatic N) is 6. The van der Waals surface area contributed by atoms with E-state index in [1.54, 1.807) is 25.1 Å². The van der Waals surface area contributed by atoms with Crippen molar-refractivity contribution in [3.63, 3.8) is 0 Å². The minimum absolute atomic E-state index is 0.141. The van der Waals surface area contributed by atoms with E-state index in [4.69, 9.17) is 0 Å². The van der Waals surface area contributed by atoms with Crippen LogP contribution in [0.25, 0.3) is 17.2 Å². The maximum absolute atomic E-state index is 12.9. The number of benzene rings is 2. The molecule has 9 nitrogen and oxygen atoms in total. The van der Waals surface area contributed by atoms with E-state index in [2.05, 4.69) is 25.4 Å². The number of amidine groups is 1. The molecule has 1 aliphatic heterocycles. The van der Waals surface area contributed by atoms with Crippen LogP contribution in [0.3, 0.4) is 0 Å². The van der Waals surface area contributed by atoms with E-state index in [1.807, 2.05) is 39.0 Å². The van der Waals surface area contributed by atoms with Crippen molar-refractivity contribution in [1.29, 1.82) is 0 Å². The lowest BCUT2D eigenvalue weighted by atomic mass is 9.99. The second kappa shape index (κ2) is 11.4. The van der Waals surface area contributed by atoms with E-state index in [-0.39, 0.29) is 23.4 Å². The maximum Gasteiger partial charge on any atom is 0.417 e. The van der Waals surface area contributed by atoms with Gasteiger partial charge in [-0.05, 0) is 72.9 Å². The summed E-state index contributed by atoms with van der Waals surface area (Å²) in [6, 6.07) is 12.6. The van der Waals surface area contributed by atoms with Crippen LogP contribution in [-0.4, -0.2) is 42.6 Å². The van der Waals surface area contributed by atoms with Gasteiger partial charge in [-0.25, -0.2) is 19.4 Å². The summed E-state index contributed by atoms with van der Waals surface area (Å²) in [7, 11) is 0. The molecule has 0 saturated carbocycles. The molecule has 3 heterocycles. The predicted octanol–water partition coefficient (Wildman–Crippen LogP) is 6.76. The highest BCUT2D eigenvalue weighted by Crippen LogP contribution is 2.34. The molecular weight excluding hydrogens is 567 g/mol. The molecule has 4 aromatic rings. The Morgan fingerprint density at radius 1 is 1.07 bits per heavy atom. The molecular formula is C29H26F3N7O2S. The van der Waals surface area contributed by atoms with Gasteiger partial charge in [-0.2, -0.15) is 18.2 Å². The van der Waals surface area contributed by atoms with Crippen molar-refractivity contribution in [2.45, 2.75) is 39.8 Å². The van der Waals surface area contributed by atoms with Crippen LogP contribution in [0.5, 0.6) is 0 Å². The molecule has 0 radical (unpaired) electrons. The summed E-state index contributed by atoms with van der Waals surface area (Å²) in [6.07, 6.45) is -2.38. The minimum atomic E-state index is -4.48. The van der Waals surface area contributed by atoms with Crippen LogP contribution in [0.15, 0.2) is 66.0 Å². The average Bonchev–Trinajstić information content (AvgIpc) is 3.56. The molecule has 42 heavy (non-hydrogen) atoms. The van der Waals surface area contributed by atoms with Gasteiger partial charge in [0.15, 0.2) is 16.8 Å². The number of carbonyl (C=O) groups is 2. The first kappa shape index (κ1) is 29.0. The smallest absolute Gasteiger partial charge is 0.306 e. The van der Waals surface area contributed by atoms with Crippen LogP contribution >= 0.6 is 11.8 Å². The van der Waals surface area contributed by atoms with Crippen molar-refractivity contribution in [2.75, 3.05) is 16.0 Å². The Hall–Kier alpha value is -4.52. The Kier molecular flexibility index (Phi) is 7.87. The zero-order chi connectivity index (χ0) is 30.2. The second-order valence-corrected chi connectivity index (χ2v) is 10.9. The van der Waals surface area contributed by atoms with Gasteiger partial charge in [-0.1, -0.05) is 37.7 Å². The maximum atomic E-state index is 12.9. The fourth-order valence-electron chi connectivity index (χ4n) is 4.39. The molecule has 216 valence electrons. The van der Waals surface area contributed by atoms with E-state index in [0.29, 0.717) is 27.8 Å². The monoisotopic (exact) mass is 593 g/mol. The van der Waals surface area contributed by atoms with Crippen molar-refractivity contribution in [3.8, 4) is 17.2 Å². The van der Waals surface area contributed by atoms with Gasteiger partial charge in [0.2, 0.25) is 5.91 Å². The number of aromatic nitrogens is 4. The number of aliphatic imine (C=N–C) groups is 1. The third-order valence-electron chi connectivity index (χ3n) is 6.54. The van der Waals surface area contributed by atoms with E-state index in [1.165, 1.54) is 33.7 Å². The van der Waals surface area contributed by atoms with Crippen molar-refractivity contribution in [3.05, 3.63) is 83.3 Å². The third kappa shape index (κ3) is 6.05. The molecule has 3 amide bonds. The number of rotatable bonds is 5. The van der Waals surface area contributed by atoms with Gasteiger partial charge >= 0.3 is 12.2 Å². The van der Waals surface area contributed by atoms with E-state index in [9.17, 15) is 22.8 Å². The topological polar surface area (TPSA) is 105 Å². The number of alkyl halides is 3. The minimum Gasteiger partial charge on any atom is -0.306 e. The number of anilines is 2. The highest BCUT2D eigenvalue weighted by Gasteiger charge is 2.33. The molecule has 2 aromatic heterocycles. The van der Waals surface area contributed by atoms with Crippen LogP contribution in [0.1, 0.15) is 42.0 Å². The highest BCUT2D eigenvalue weighted by atomic mass is 32.2. The molecule has 1 saturated heterocycles. The van der Waals surface area contributed by atoms with Gasteiger partial charge in [-0.15, -0.1) is 5.10 Å². The number of urea groups is 1. The number of hydrogen-bond donors (Lipinski definition) is 1. The predicted molar refractivity (Wildman–Crippen MR) is 156 cm³/mol. The standard InChI is InChI=1S/C29H26F3N7O2S/c1-16(2)21-8-5-17(3)11-23(21)39-25(40)14-42-28(39)36-27(41)35-22-9-6-19(12-18(22)4)26-34-15-38(37-26)24-10-7-20(13-33-24)29(30,31)32/h5-13,15-16H,14H2,1-4H3,(H,35,41)/b36-28-. The van der Waals surface area contributed by atoms with Crippen LogP contribution in [0.4, 0.5) is 29.3 Å². The summed E-state index contributed by atoms with van der Waals surface area (Å²) >= 11 is 1.21. The Balaban J connectivity index is 1.33. The van der Waals surface area contributed by atoms with Gasteiger partial charge < -0.3 is 5.32 Å². The lowest BCUT2D eigenvalue weighted by molar-refractivity contribution is -0.137. The summed E-state index contributed by atoms with van der Waals surface area (Å²) in [5.41, 5.74) is 3.70. The summed E-state index contributed by atoms with van der Waals surface area (Å²) in [6.45, 7) is 7.83. The normalized spacial score (nSPS) is 14.7. The van der Waals surface area contributed by atoms with Crippen LogP contribution in [0.2, 0.25) is 0 Å². The summed E-state index contributed by atoms with van der Waals surface area (Å²) in [4.78, 5) is 39.6. The van der Waals surface area contributed by atoms with E-state index in [0.717, 1.165) is 29.1 Å². The Bertz CT molecular complexity index is 1700. The number of thioether (sulfide) groups is 1. The number of carbonyl (C=O) groups excluding carboxylic acids is 2. The number of amides is 3. The molecule has 0 spiro atoms. The number of aryl methyl sites for hydroxylation is 2. The largest absolute Gasteiger partial charge is 0.417 e. The van der Waals surface area contributed by atoms with E-state index >= 15 is 0 Å². The fourth-order valence-corrected chi connectivity index (χ4v) is 5.24. The Morgan fingerprint density at radius 2 is 1.86 bits per heavy atom. The van der Waals surface area contributed by atoms with Crippen molar-refractivity contribution < 1.29 is 22.8 Å². The average molecular weight is 594 g/mol. The molecule has 5 rings (SSSR count). The number of nitrogens with one attached hydrogen (secondary N) is 1. The molecule has 1 fully saturated rings. The highest BCUT2D eigenvalue weighted by molar-refractivity contribution is 8.15. The molecule has 0 unspecified atom stereocenters. The first-order chi connectivity index (χ1) is 19.9. The van der Waals surface area contributed by atoms with E-state index < -0.39 is 17.8 Å². The van der Waals surface area contributed by atoms with Gasteiger partial charge in [0.25, 0.3) is 0 Å². The van der Waals surface area contributed by atoms with Crippen molar-refractivity contribution >= 4 is 40.2 Å².